The first-order valence-electron chi connectivity index (χ1n) is 7.49. The van der Waals surface area contributed by atoms with Gasteiger partial charge in [0.05, 0.1) is 18.3 Å². The van der Waals surface area contributed by atoms with Crippen LogP contribution in [0.1, 0.15) is 13.8 Å². The molecule has 1 amide bonds. The van der Waals surface area contributed by atoms with Crippen LogP contribution in [0.2, 0.25) is 0 Å². The molecule has 0 aliphatic carbocycles. The van der Waals surface area contributed by atoms with E-state index in [2.05, 4.69) is 23.7 Å². The van der Waals surface area contributed by atoms with Crippen molar-refractivity contribution in [2.45, 2.75) is 25.6 Å². The van der Waals surface area contributed by atoms with Gasteiger partial charge in [-0.05, 0) is 26.0 Å². The van der Waals surface area contributed by atoms with Gasteiger partial charge in [-0.1, -0.05) is 6.07 Å². The highest BCUT2D eigenvalue weighted by atomic mass is 16.5. The van der Waals surface area contributed by atoms with E-state index >= 15 is 0 Å². The van der Waals surface area contributed by atoms with E-state index in [-0.39, 0.29) is 24.2 Å². The highest BCUT2D eigenvalue weighted by Crippen LogP contribution is 2.24. The number of rotatable bonds is 5. The Bertz CT molecular complexity index is 491. The molecular weight excluding hydrogens is 282 g/mol. The van der Waals surface area contributed by atoms with Crippen molar-refractivity contribution in [2.75, 3.05) is 45.3 Å². The summed E-state index contributed by atoms with van der Waals surface area (Å²) in [6, 6.07) is 5.88. The Morgan fingerprint density at radius 3 is 2.91 bits per heavy atom. The van der Waals surface area contributed by atoms with Crippen LogP contribution in [0, 0.1) is 0 Å². The summed E-state index contributed by atoms with van der Waals surface area (Å²) in [5.74, 6) is 0.893. The van der Waals surface area contributed by atoms with Crippen LogP contribution in [-0.2, 0) is 14.3 Å². The van der Waals surface area contributed by atoms with Crippen molar-refractivity contribution in [2.24, 2.45) is 0 Å². The van der Waals surface area contributed by atoms with Gasteiger partial charge in [-0.15, -0.1) is 0 Å². The standard InChI is InChI=1S/C16H25N3O3/c1-16(2)12-19(14-7-5-6-8-17-14)9-13(22-16)10-21-11-15(20)18(3)4/h5-8,13H,9-12H2,1-4H3/t13-/m0/s1. The van der Waals surface area contributed by atoms with Gasteiger partial charge >= 0.3 is 0 Å². The smallest absolute Gasteiger partial charge is 0.248 e. The SMILES string of the molecule is CN(C)C(=O)COC[C@@H]1CN(c2ccccn2)CC(C)(C)O1. The van der Waals surface area contributed by atoms with Gasteiger partial charge in [0.15, 0.2) is 0 Å². The average Bonchev–Trinajstić information content (AvgIpc) is 2.46. The summed E-state index contributed by atoms with van der Waals surface area (Å²) in [5, 5.41) is 0. The molecule has 1 aromatic rings. The second-order valence-corrected chi connectivity index (χ2v) is 6.37. The number of morpholine rings is 1. The van der Waals surface area contributed by atoms with E-state index in [1.165, 1.54) is 4.90 Å². The molecule has 2 rings (SSSR count). The van der Waals surface area contributed by atoms with Crippen molar-refractivity contribution in [1.82, 2.24) is 9.88 Å². The molecule has 6 nitrogen and oxygen atoms in total. The number of hydrogen-bond acceptors (Lipinski definition) is 5. The Morgan fingerprint density at radius 1 is 1.50 bits per heavy atom. The zero-order valence-electron chi connectivity index (χ0n) is 13.8. The third kappa shape index (κ3) is 4.68. The monoisotopic (exact) mass is 307 g/mol. The first-order valence-corrected chi connectivity index (χ1v) is 7.49. The Hall–Kier alpha value is -1.66. The number of pyridine rings is 1. The predicted molar refractivity (Wildman–Crippen MR) is 84.9 cm³/mol. The molecule has 1 aliphatic heterocycles. The molecule has 0 N–H and O–H groups in total. The largest absolute Gasteiger partial charge is 0.369 e. The molecule has 1 fully saturated rings. The highest BCUT2D eigenvalue weighted by Gasteiger charge is 2.34. The van der Waals surface area contributed by atoms with Gasteiger partial charge < -0.3 is 19.3 Å². The summed E-state index contributed by atoms with van der Waals surface area (Å²) in [5.41, 5.74) is -0.282. The van der Waals surface area contributed by atoms with E-state index in [1.807, 2.05) is 18.2 Å². The van der Waals surface area contributed by atoms with Crippen molar-refractivity contribution >= 4 is 11.7 Å². The topological polar surface area (TPSA) is 54.9 Å². The third-order valence-corrected chi connectivity index (χ3v) is 3.48. The molecule has 1 aromatic heterocycles. The third-order valence-electron chi connectivity index (χ3n) is 3.48. The van der Waals surface area contributed by atoms with Gasteiger partial charge in [0, 0.05) is 33.4 Å². The maximum Gasteiger partial charge on any atom is 0.248 e. The number of carbonyl (C=O) groups is 1. The Kier molecular flexibility index (Phi) is 5.37. The minimum atomic E-state index is -0.282. The fourth-order valence-corrected chi connectivity index (χ4v) is 2.50. The fraction of sp³-hybridized carbons (Fsp3) is 0.625. The summed E-state index contributed by atoms with van der Waals surface area (Å²) >= 11 is 0. The minimum absolute atomic E-state index is 0.0448. The number of ether oxygens (including phenoxy) is 2. The second kappa shape index (κ2) is 7.07. The van der Waals surface area contributed by atoms with Gasteiger partial charge in [-0.25, -0.2) is 4.98 Å². The van der Waals surface area contributed by atoms with Crippen LogP contribution >= 0.6 is 0 Å². The highest BCUT2D eigenvalue weighted by molar-refractivity contribution is 5.76. The number of amides is 1. The van der Waals surface area contributed by atoms with Gasteiger partial charge in [0.2, 0.25) is 5.91 Å². The molecule has 22 heavy (non-hydrogen) atoms. The number of aromatic nitrogens is 1. The van der Waals surface area contributed by atoms with Crippen LogP contribution in [0.25, 0.3) is 0 Å². The molecule has 0 unspecified atom stereocenters. The lowest BCUT2D eigenvalue weighted by molar-refractivity contribution is -0.139. The first-order chi connectivity index (χ1) is 10.4. The molecule has 0 spiro atoms. The maximum atomic E-state index is 11.5. The van der Waals surface area contributed by atoms with Gasteiger partial charge in [0.1, 0.15) is 12.4 Å². The van der Waals surface area contributed by atoms with E-state index in [0.29, 0.717) is 13.2 Å². The van der Waals surface area contributed by atoms with Crippen LogP contribution < -0.4 is 4.90 Å². The van der Waals surface area contributed by atoms with Crippen LogP contribution in [-0.4, -0.2) is 67.9 Å². The van der Waals surface area contributed by atoms with Crippen molar-refractivity contribution in [3.05, 3.63) is 24.4 Å². The van der Waals surface area contributed by atoms with E-state index in [1.54, 1.807) is 20.3 Å². The summed E-state index contributed by atoms with van der Waals surface area (Å²) in [4.78, 5) is 19.7. The van der Waals surface area contributed by atoms with Gasteiger partial charge in [-0.2, -0.15) is 0 Å². The quantitative estimate of drug-likeness (QED) is 0.817. The van der Waals surface area contributed by atoms with Crippen molar-refractivity contribution in [3.63, 3.8) is 0 Å². The van der Waals surface area contributed by atoms with E-state index in [9.17, 15) is 4.79 Å². The molecule has 1 aliphatic rings. The number of hydrogen-bond donors (Lipinski definition) is 0. The Morgan fingerprint density at radius 2 is 2.27 bits per heavy atom. The molecule has 0 bridgehead atoms. The number of nitrogens with zero attached hydrogens (tertiary/aromatic N) is 3. The van der Waals surface area contributed by atoms with Crippen molar-refractivity contribution < 1.29 is 14.3 Å². The number of anilines is 1. The first kappa shape index (κ1) is 16.7. The molecule has 0 radical (unpaired) electrons. The molecular formula is C16H25N3O3. The number of carbonyl (C=O) groups excluding carboxylic acids is 1. The average molecular weight is 307 g/mol. The Balaban J connectivity index is 1.93. The molecule has 0 saturated carbocycles. The van der Waals surface area contributed by atoms with Crippen LogP contribution in [0.3, 0.4) is 0 Å². The number of likely N-dealkylation sites (N-methyl/N-ethyl adjacent to an activating group) is 1. The summed E-state index contributed by atoms with van der Waals surface area (Å²) in [6.45, 7) is 6.07. The normalized spacial score (nSPS) is 20.7. The van der Waals surface area contributed by atoms with Crippen molar-refractivity contribution in [1.29, 1.82) is 0 Å². The minimum Gasteiger partial charge on any atom is -0.369 e. The molecule has 1 saturated heterocycles. The lowest BCUT2D eigenvalue weighted by Crippen LogP contribution is -2.54. The molecule has 2 heterocycles. The predicted octanol–water partition coefficient (Wildman–Crippen LogP) is 1.17. The summed E-state index contributed by atoms with van der Waals surface area (Å²) in [6.07, 6.45) is 1.71. The Labute approximate surface area is 132 Å². The molecule has 1 atom stereocenters. The van der Waals surface area contributed by atoms with Gasteiger partial charge in [-0.3, -0.25) is 4.79 Å². The van der Waals surface area contributed by atoms with Crippen LogP contribution in [0.4, 0.5) is 5.82 Å². The van der Waals surface area contributed by atoms with E-state index in [4.69, 9.17) is 9.47 Å². The van der Waals surface area contributed by atoms with Gasteiger partial charge in [0.25, 0.3) is 0 Å². The molecule has 122 valence electrons. The zero-order chi connectivity index (χ0) is 16.2. The molecule has 6 heteroatoms. The lowest BCUT2D eigenvalue weighted by Gasteiger charge is -2.43. The van der Waals surface area contributed by atoms with Crippen LogP contribution in [0.15, 0.2) is 24.4 Å². The van der Waals surface area contributed by atoms with E-state index in [0.717, 1.165) is 12.4 Å². The van der Waals surface area contributed by atoms with Crippen molar-refractivity contribution in [3.8, 4) is 0 Å². The summed E-state index contributed by atoms with van der Waals surface area (Å²) < 4.78 is 11.6. The fourth-order valence-electron chi connectivity index (χ4n) is 2.50. The zero-order valence-corrected chi connectivity index (χ0v) is 13.8. The lowest BCUT2D eigenvalue weighted by atomic mass is 10.1. The summed E-state index contributed by atoms with van der Waals surface area (Å²) in [7, 11) is 3.43. The molecule has 0 aromatic carbocycles. The van der Waals surface area contributed by atoms with Crippen LogP contribution in [0.5, 0.6) is 0 Å². The van der Waals surface area contributed by atoms with E-state index < -0.39 is 0 Å². The maximum absolute atomic E-state index is 11.5. The second-order valence-electron chi connectivity index (χ2n) is 6.37.